The molecule has 0 atom stereocenters. The van der Waals surface area contributed by atoms with Crippen molar-refractivity contribution in [3.63, 3.8) is 0 Å². The molecule has 1 heterocycles. The molecule has 0 saturated heterocycles. The first kappa shape index (κ1) is 34.8. The number of nitrogens with zero attached hydrogens (tertiary/aromatic N) is 2. The molecule has 0 saturated carbocycles. The Hall–Kier alpha value is -7.42. The summed E-state index contributed by atoms with van der Waals surface area (Å²) in [5, 5.41) is 4.89. The van der Waals surface area contributed by atoms with Gasteiger partial charge in [-0.05, 0) is 89.3 Å². The molecule has 10 aromatic rings. The third-order valence-electron chi connectivity index (χ3n) is 12.3. The Labute approximate surface area is 345 Å². The topological polar surface area (TPSA) is 25.8 Å². The number of hydrogen-bond acceptors (Lipinski definition) is 2. The predicted molar refractivity (Wildman–Crippen MR) is 247 cm³/mol. The molecule has 59 heavy (non-hydrogen) atoms. The average Bonchev–Trinajstić information content (AvgIpc) is 3.55. The van der Waals surface area contributed by atoms with Crippen molar-refractivity contribution in [2.75, 3.05) is 0 Å². The van der Waals surface area contributed by atoms with Gasteiger partial charge in [0, 0.05) is 22.1 Å². The Balaban J connectivity index is 1.10. The Morgan fingerprint density at radius 1 is 0.339 bits per heavy atom. The van der Waals surface area contributed by atoms with Crippen molar-refractivity contribution < 1.29 is 0 Å². The molecule has 0 spiro atoms. The van der Waals surface area contributed by atoms with Gasteiger partial charge in [-0.2, -0.15) is 0 Å². The predicted octanol–water partition coefficient (Wildman–Crippen LogP) is 15.1. The van der Waals surface area contributed by atoms with Crippen LogP contribution < -0.4 is 0 Å². The van der Waals surface area contributed by atoms with Gasteiger partial charge in [-0.1, -0.05) is 208 Å². The summed E-state index contributed by atoms with van der Waals surface area (Å²) in [4.78, 5) is 10.8. The number of fused-ring (bicyclic) bond motifs is 6. The zero-order valence-corrected chi connectivity index (χ0v) is 33.0. The lowest BCUT2D eigenvalue weighted by molar-refractivity contribution is 0.662. The highest BCUT2D eigenvalue weighted by Crippen LogP contribution is 2.55. The van der Waals surface area contributed by atoms with E-state index in [-0.39, 0.29) is 5.41 Å². The standard InChI is InChI=1S/C57H40N2/c1-57(2)51-35-32-40-20-9-10-22-43(40)54(51)50-27-15-26-48(55(50)57)46-33-34-49(45-24-13-12-23-44(45)46)56-58-52(41-30-28-38(29-31-41)37-16-5-3-6-17-37)36-53(59-56)47-25-14-11-21-42(47)39-18-7-4-8-19-39/h3-36H,1-2H3. The fraction of sp³-hybridized carbons (Fsp3) is 0.0526. The van der Waals surface area contributed by atoms with E-state index in [1.54, 1.807) is 0 Å². The van der Waals surface area contributed by atoms with Crippen LogP contribution in [0.25, 0.3) is 100.0 Å². The van der Waals surface area contributed by atoms with Crippen molar-refractivity contribution in [1.29, 1.82) is 0 Å². The molecule has 0 bridgehead atoms. The van der Waals surface area contributed by atoms with Crippen molar-refractivity contribution in [3.8, 4) is 78.4 Å². The summed E-state index contributed by atoms with van der Waals surface area (Å²) in [6.07, 6.45) is 0. The zero-order valence-electron chi connectivity index (χ0n) is 33.0. The Bertz CT molecular complexity index is 3220. The molecule has 11 rings (SSSR count). The molecule has 0 N–H and O–H groups in total. The first-order valence-corrected chi connectivity index (χ1v) is 20.4. The first-order chi connectivity index (χ1) is 29.0. The summed E-state index contributed by atoms with van der Waals surface area (Å²) < 4.78 is 0. The first-order valence-electron chi connectivity index (χ1n) is 20.4. The maximum atomic E-state index is 5.43. The largest absolute Gasteiger partial charge is 0.228 e. The van der Waals surface area contributed by atoms with Crippen molar-refractivity contribution in [2.24, 2.45) is 0 Å². The quantitative estimate of drug-likeness (QED) is 0.169. The molecular weight excluding hydrogens is 713 g/mol. The Kier molecular flexibility index (Phi) is 8.20. The Morgan fingerprint density at radius 2 is 0.881 bits per heavy atom. The molecule has 0 radical (unpaired) electrons. The van der Waals surface area contributed by atoms with Crippen molar-refractivity contribution >= 4 is 21.5 Å². The molecule has 0 aliphatic heterocycles. The van der Waals surface area contributed by atoms with E-state index in [4.69, 9.17) is 9.97 Å². The van der Waals surface area contributed by atoms with Gasteiger partial charge >= 0.3 is 0 Å². The maximum absolute atomic E-state index is 5.43. The lowest BCUT2D eigenvalue weighted by atomic mass is 9.78. The van der Waals surface area contributed by atoms with Crippen molar-refractivity contribution in [1.82, 2.24) is 9.97 Å². The summed E-state index contributed by atoms with van der Waals surface area (Å²) in [7, 11) is 0. The molecule has 9 aromatic carbocycles. The van der Waals surface area contributed by atoms with Crippen LogP contribution in [-0.2, 0) is 5.41 Å². The van der Waals surface area contributed by atoms with Crippen LogP contribution >= 0.6 is 0 Å². The molecule has 2 nitrogen and oxygen atoms in total. The van der Waals surface area contributed by atoms with Gasteiger partial charge in [-0.3, -0.25) is 0 Å². The Morgan fingerprint density at radius 3 is 1.64 bits per heavy atom. The van der Waals surface area contributed by atoms with Crippen LogP contribution in [0.15, 0.2) is 206 Å². The van der Waals surface area contributed by atoms with E-state index in [1.165, 1.54) is 60.7 Å². The smallest absolute Gasteiger partial charge is 0.161 e. The highest BCUT2D eigenvalue weighted by molar-refractivity contribution is 6.08. The molecule has 1 aromatic heterocycles. The van der Waals surface area contributed by atoms with Gasteiger partial charge in [0.15, 0.2) is 5.82 Å². The van der Waals surface area contributed by atoms with E-state index in [1.807, 2.05) is 0 Å². The number of benzene rings is 9. The monoisotopic (exact) mass is 752 g/mol. The maximum Gasteiger partial charge on any atom is 0.161 e. The van der Waals surface area contributed by atoms with Gasteiger partial charge in [0.1, 0.15) is 0 Å². The number of rotatable bonds is 6. The second-order valence-corrected chi connectivity index (χ2v) is 16.1. The number of hydrogen-bond donors (Lipinski definition) is 0. The summed E-state index contributed by atoms with van der Waals surface area (Å²) >= 11 is 0. The van der Waals surface area contributed by atoms with Crippen LogP contribution in [0.3, 0.4) is 0 Å². The molecule has 278 valence electrons. The van der Waals surface area contributed by atoms with E-state index in [0.29, 0.717) is 5.82 Å². The lowest BCUT2D eigenvalue weighted by Gasteiger charge is -2.25. The molecular formula is C57H40N2. The third kappa shape index (κ3) is 5.79. The van der Waals surface area contributed by atoms with Gasteiger partial charge in [0.05, 0.1) is 11.4 Å². The van der Waals surface area contributed by atoms with Gasteiger partial charge in [-0.15, -0.1) is 0 Å². The van der Waals surface area contributed by atoms with Crippen molar-refractivity contribution in [3.05, 3.63) is 217 Å². The second-order valence-electron chi connectivity index (χ2n) is 16.1. The van der Waals surface area contributed by atoms with E-state index in [0.717, 1.165) is 44.6 Å². The minimum absolute atomic E-state index is 0.181. The average molecular weight is 753 g/mol. The van der Waals surface area contributed by atoms with Gasteiger partial charge < -0.3 is 0 Å². The summed E-state index contributed by atoms with van der Waals surface area (Å²) in [6.45, 7) is 4.76. The van der Waals surface area contributed by atoms with Gasteiger partial charge in [0.25, 0.3) is 0 Å². The van der Waals surface area contributed by atoms with Gasteiger partial charge in [0.2, 0.25) is 0 Å². The summed E-state index contributed by atoms with van der Waals surface area (Å²) in [6, 6.07) is 74.1. The fourth-order valence-corrected chi connectivity index (χ4v) is 9.50. The molecule has 0 unspecified atom stereocenters. The molecule has 1 aliphatic carbocycles. The minimum atomic E-state index is -0.181. The van der Waals surface area contributed by atoms with Crippen LogP contribution in [0.2, 0.25) is 0 Å². The molecule has 0 amide bonds. The molecule has 1 aliphatic rings. The van der Waals surface area contributed by atoms with E-state index in [9.17, 15) is 0 Å². The fourth-order valence-electron chi connectivity index (χ4n) is 9.50. The minimum Gasteiger partial charge on any atom is -0.228 e. The summed E-state index contributed by atoms with van der Waals surface area (Å²) in [5.74, 6) is 0.702. The number of aromatic nitrogens is 2. The zero-order chi connectivity index (χ0) is 39.5. The van der Waals surface area contributed by atoms with Crippen LogP contribution in [0.4, 0.5) is 0 Å². The van der Waals surface area contributed by atoms with Gasteiger partial charge in [-0.25, -0.2) is 9.97 Å². The second kappa shape index (κ2) is 13.9. The van der Waals surface area contributed by atoms with E-state index >= 15 is 0 Å². The van der Waals surface area contributed by atoms with Crippen LogP contribution in [-0.4, -0.2) is 9.97 Å². The van der Waals surface area contributed by atoms with E-state index in [2.05, 4.69) is 220 Å². The summed E-state index contributed by atoms with van der Waals surface area (Å²) in [5.41, 5.74) is 17.3. The van der Waals surface area contributed by atoms with Crippen LogP contribution in [0, 0.1) is 0 Å². The van der Waals surface area contributed by atoms with Crippen molar-refractivity contribution in [2.45, 2.75) is 19.3 Å². The molecule has 0 fully saturated rings. The highest BCUT2D eigenvalue weighted by atomic mass is 14.9. The lowest BCUT2D eigenvalue weighted by Crippen LogP contribution is -2.16. The van der Waals surface area contributed by atoms with Crippen LogP contribution in [0.5, 0.6) is 0 Å². The SMILES string of the molecule is CC1(C)c2ccc3ccccc3c2-c2cccc(-c3ccc(-c4nc(-c5ccc(-c6ccccc6)cc5)cc(-c5ccccc5-c5ccccc5)n4)c4ccccc34)c21. The third-order valence-corrected chi connectivity index (χ3v) is 12.3. The molecule has 2 heteroatoms. The highest BCUT2D eigenvalue weighted by Gasteiger charge is 2.38. The van der Waals surface area contributed by atoms with Crippen LogP contribution in [0.1, 0.15) is 25.0 Å². The van der Waals surface area contributed by atoms with E-state index < -0.39 is 0 Å². The normalized spacial score (nSPS) is 12.7.